The molecule has 0 unspecified atom stereocenters. The van der Waals surface area contributed by atoms with Crippen molar-refractivity contribution in [1.82, 2.24) is 4.72 Å². The second kappa shape index (κ2) is 6.06. The van der Waals surface area contributed by atoms with Gasteiger partial charge >= 0.3 is 0 Å². The number of rotatable bonds is 6. The molecular weight excluding hydrogens is 276 g/mol. The lowest BCUT2D eigenvalue weighted by Crippen LogP contribution is -2.41. The van der Waals surface area contributed by atoms with Gasteiger partial charge in [-0.2, -0.15) is 0 Å². The number of sulfonamides is 1. The Bertz CT molecular complexity index is 542. The lowest BCUT2D eigenvalue weighted by molar-refractivity contribution is -0.384. The summed E-state index contributed by atoms with van der Waals surface area (Å²) in [5.41, 5.74) is 0.119. The molecule has 0 aliphatic carbocycles. The Balaban J connectivity index is 2.91. The smallest absolute Gasteiger partial charge is 0.269 e. The average molecular weight is 290 g/mol. The van der Waals surface area contributed by atoms with Crippen molar-refractivity contribution in [2.24, 2.45) is 0 Å². The molecule has 0 radical (unpaired) electrons. The number of hydrogen-bond donors (Lipinski definition) is 3. The van der Waals surface area contributed by atoms with Crippen LogP contribution < -0.4 is 4.72 Å². The van der Waals surface area contributed by atoms with Gasteiger partial charge in [-0.05, 0) is 17.7 Å². The molecular formula is C10H14N2O6S. The largest absolute Gasteiger partial charge is 0.395 e. The summed E-state index contributed by atoms with van der Waals surface area (Å²) < 4.78 is 24.2. The molecule has 3 N–H and O–H groups in total. The molecule has 0 heterocycles. The fourth-order valence-corrected chi connectivity index (χ4v) is 2.26. The van der Waals surface area contributed by atoms with E-state index in [1.807, 2.05) is 0 Å². The van der Waals surface area contributed by atoms with Crippen molar-refractivity contribution < 1.29 is 23.6 Å². The van der Waals surface area contributed by atoms with Crippen molar-refractivity contribution in [3.8, 4) is 0 Å². The highest BCUT2D eigenvalue weighted by atomic mass is 32.2. The van der Waals surface area contributed by atoms with E-state index in [2.05, 4.69) is 4.72 Å². The third-order valence-corrected chi connectivity index (χ3v) is 3.12. The van der Waals surface area contributed by atoms with Gasteiger partial charge in [-0.15, -0.1) is 0 Å². The highest BCUT2D eigenvalue weighted by Gasteiger charge is 2.23. The van der Waals surface area contributed by atoms with Gasteiger partial charge in [-0.1, -0.05) is 0 Å². The molecule has 19 heavy (non-hydrogen) atoms. The van der Waals surface area contributed by atoms with Gasteiger partial charge in [0.25, 0.3) is 5.69 Å². The minimum absolute atomic E-state index is 0.146. The maximum atomic E-state index is 11.1. The molecule has 0 aliphatic heterocycles. The number of aliphatic hydroxyl groups is 2. The third kappa shape index (κ3) is 4.56. The topological polar surface area (TPSA) is 130 Å². The van der Waals surface area contributed by atoms with Crippen molar-refractivity contribution in [2.45, 2.75) is 12.1 Å². The molecule has 0 aromatic heterocycles. The van der Waals surface area contributed by atoms with Crippen molar-refractivity contribution in [3.05, 3.63) is 39.9 Å². The maximum Gasteiger partial charge on any atom is 0.269 e. The molecule has 1 aromatic rings. The molecule has 9 heteroatoms. The van der Waals surface area contributed by atoms with Crippen LogP contribution in [0.3, 0.4) is 0 Å². The molecule has 2 atom stereocenters. The predicted molar refractivity (Wildman–Crippen MR) is 66.9 cm³/mol. The van der Waals surface area contributed by atoms with Gasteiger partial charge in [0.05, 0.1) is 29.9 Å². The average Bonchev–Trinajstić information content (AvgIpc) is 2.34. The Kier molecular flexibility index (Phi) is 4.95. The first-order chi connectivity index (χ1) is 8.74. The van der Waals surface area contributed by atoms with Crippen molar-refractivity contribution in [3.63, 3.8) is 0 Å². The number of nitro benzene ring substituents is 1. The third-order valence-electron chi connectivity index (χ3n) is 2.39. The summed E-state index contributed by atoms with van der Waals surface area (Å²) in [5, 5.41) is 29.5. The molecule has 0 amide bonds. The normalized spacial score (nSPS) is 14.9. The summed E-state index contributed by atoms with van der Waals surface area (Å²) in [6.07, 6.45) is -0.404. The zero-order valence-electron chi connectivity index (χ0n) is 10.1. The molecule has 1 rings (SSSR count). The Morgan fingerprint density at radius 2 is 1.89 bits per heavy atom. The van der Waals surface area contributed by atoms with E-state index in [1.165, 1.54) is 24.3 Å². The summed E-state index contributed by atoms with van der Waals surface area (Å²) >= 11 is 0. The van der Waals surface area contributed by atoms with Gasteiger partial charge in [0.1, 0.15) is 0 Å². The van der Waals surface area contributed by atoms with Crippen LogP contribution in [0.25, 0.3) is 0 Å². The monoisotopic (exact) mass is 290 g/mol. The van der Waals surface area contributed by atoms with E-state index >= 15 is 0 Å². The van der Waals surface area contributed by atoms with E-state index in [9.17, 15) is 23.6 Å². The molecule has 1 aromatic carbocycles. The van der Waals surface area contributed by atoms with Crippen molar-refractivity contribution in [1.29, 1.82) is 0 Å². The van der Waals surface area contributed by atoms with Crippen LogP contribution in [-0.4, -0.2) is 42.5 Å². The van der Waals surface area contributed by atoms with Gasteiger partial charge in [-0.25, -0.2) is 13.1 Å². The molecule has 0 aliphatic rings. The first kappa shape index (κ1) is 15.5. The number of aliphatic hydroxyl groups excluding tert-OH is 2. The van der Waals surface area contributed by atoms with E-state index in [-0.39, 0.29) is 11.3 Å². The van der Waals surface area contributed by atoms with Crippen LogP contribution in [0.15, 0.2) is 24.3 Å². The minimum Gasteiger partial charge on any atom is -0.395 e. The lowest BCUT2D eigenvalue weighted by Gasteiger charge is -2.21. The summed E-state index contributed by atoms with van der Waals surface area (Å²) in [5.74, 6) is 0. The highest BCUT2D eigenvalue weighted by Crippen LogP contribution is 2.20. The second-order valence-corrected chi connectivity index (χ2v) is 5.75. The maximum absolute atomic E-state index is 11.1. The van der Waals surface area contributed by atoms with Crippen LogP contribution in [0, 0.1) is 10.1 Å². The van der Waals surface area contributed by atoms with Crippen LogP contribution in [-0.2, 0) is 10.0 Å². The Labute approximate surface area is 109 Å². The van der Waals surface area contributed by atoms with E-state index in [4.69, 9.17) is 5.11 Å². The van der Waals surface area contributed by atoms with Crippen molar-refractivity contribution in [2.75, 3.05) is 12.9 Å². The molecule has 0 bridgehead atoms. The lowest BCUT2D eigenvalue weighted by atomic mass is 10.0. The van der Waals surface area contributed by atoms with Gasteiger partial charge in [0.15, 0.2) is 0 Å². The molecule has 0 fully saturated rings. The fraction of sp³-hybridized carbons (Fsp3) is 0.400. The first-order valence-corrected chi connectivity index (χ1v) is 7.14. The molecule has 8 nitrogen and oxygen atoms in total. The standard InChI is InChI=1S/C10H14N2O6S/c1-19(17,18)11-9(6-13)10(14)7-2-4-8(5-3-7)12(15)16/h2-5,9-11,13-14H,6H2,1H3/t9-,10+/m1/s1. The second-order valence-electron chi connectivity index (χ2n) is 3.97. The summed E-state index contributed by atoms with van der Waals surface area (Å²) in [7, 11) is -3.59. The predicted octanol–water partition coefficient (Wildman–Crippen LogP) is -0.462. The van der Waals surface area contributed by atoms with Crippen LogP contribution in [0.1, 0.15) is 11.7 Å². The molecule has 0 saturated carbocycles. The number of nitrogens with one attached hydrogen (secondary N) is 1. The number of benzene rings is 1. The quantitative estimate of drug-likeness (QED) is 0.480. The number of nitrogens with zero attached hydrogens (tertiary/aromatic N) is 1. The summed E-state index contributed by atoms with van der Waals surface area (Å²) in [4.78, 5) is 9.88. The van der Waals surface area contributed by atoms with Crippen LogP contribution in [0.4, 0.5) is 5.69 Å². The van der Waals surface area contributed by atoms with Crippen LogP contribution in [0.5, 0.6) is 0 Å². The van der Waals surface area contributed by atoms with E-state index < -0.39 is 33.7 Å². The molecule has 0 spiro atoms. The van der Waals surface area contributed by atoms with Crippen LogP contribution >= 0.6 is 0 Å². The van der Waals surface area contributed by atoms with Gasteiger partial charge in [-0.3, -0.25) is 10.1 Å². The van der Waals surface area contributed by atoms with Gasteiger partial charge in [0, 0.05) is 12.1 Å². The van der Waals surface area contributed by atoms with Crippen LogP contribution in [0.2, 0.25) is 0 Å². The Morgan fingerprint density at radius 3 is 2.26 bits per heavy atom. The van der Waals surface area contributed by atoms with Gasteiger partial charge < -0.3 is 10.2 Å². The zero-order valence-corrected chi connectivity index (χ0v) is 10.9. The fourth-order valence-electron chi connectivity index (χ4n) is 1.50. The molecule has 106 valence electrons. The highest BCUT2D eigenvalue weighted by molar-refractivity contribution is 7.88. The Morgan fingerprint density at radius 1 is 1.37 bits per heavy atom. The van der Waals surface area contributed by atoms with Gasteiger partial charge in [0.2, 0.25) is 10.0 Å². The SMILES string of the molecule is CS(=O)(=O)N[C@H](CO)[C@@H](O)c1ccc([N+](=O)[O-])cc1. The van der Waals surface area contributed by atoms with E-state index in [0.29, 0.717) is 0 Å². The van der Waals surface area contributed by atoms with E-state index in [1.54, 1.807) is 0 Å². The Hall–Kier alpha value is -1.55. The zero-order chi connectivity index (χ0) is 14.6. The first-order valence-electron chi connectivity index (χ1n) is 5.25. The van der Waals surface area contributed by atoms with Crippen molar-refractivity contribution >= 4 is 15.7 Å². The number of non-ortho nitro benzene ring substituents is 1. The number of nitro groups is 1. The summed E-state index contributed by atoms with van der Waals surface area (Å²) in [6, 6.07) is 3.86. The minimum atomic E-state index is -3.59. The number of hydrogen-bond acceptors (Lipinski definition) is 6. The molecule has 0 saturated heterocycles. The summed E-state index contributed by atoms with van der Waals surface area (Å²) in [6.45, 7) is -0.606. The van der Waals surface area contributed by atoms with E-state index in [0.717, 1.165) is 6.26 Å².